The number of carbonyl (C=O) groups excluding carboxylic acids is 1. The summed E-state index contributed by atoms with van der Waals surface area (Å²) >= 11 is 0. The van der Waals surface area contributed by atoms with Crippen molar-refractivity contribution >= 4 is 5.91 Å². The second kappa shape index (κ2) is 6.87. The number of aromatic nitrogens is 4. The van der Waals surface area contributed by atoms with Crippen molar-refractivity contribution in [1.29, 1.82) is 0 Å². The highest BCUT2D eigenvalue weighted by Crippen LogP contribution is 2.31. The van der Waals surface area contributed by atoms with Gasteiger partial charge in [0.1, 0.15) is 5.69 Å². The van der Waals surface area contributed by atoms with Crippen molar-refractivity contribution in [3.8, 4) is 11.5 Å². The van der Waals surface area contributed by atoms with Crippen LogP contribution in [0.4, 0.5) is 0 Å². The van der Waals surface area contributed by atoms with Crippen molar-refractivity contribution < 1.29 is 9.53 Å². The van der Waals surface area contributed by atoms with E-state index in [1.54, 1.807) is 25.7 Å². The number of imidazole rings is 1. The Balaban J connectivity index is 1.81. The van der Waals surface area contributed by atoms with Gasteiger partial charge in [-0.3, -0.25) is 9.78 Å². The van der Waals surface area contributed by atoms with Crippen LogP contribution < -0.4 is 0 Å². The summed E-state index contributed by atoms with van der Waals surface area (Å²) in [4.78, 5) is 30.6. The highest BCUT2D eigenvalue weighted by molar-refractivity contribution is 5.77. The van der Waals surface area contributed by atoms with E-state index in [2.05, 4.69) is 19.9 Å². The maximum absolute atomic E-state index is 12.3. The van der Waals surface area contributed by atoms with Crippen LogP contribution in [-0.2, 0) is 9.53 Å². The predicted molar refractivity (Wildman–Crippen MR) is 84.5 cm³/mol. The first-order valence-electron chi connectivity index (χ1n) is 7.81. The number of nitrogens with one attached hydrogen (secondary N) is 1. The zero-order valence-electron chi connectivity index (χ0n) is 13.5. The van der Waals surface area contributed by atoms with Crippen LogP contribution in [0, 0.1) is 6.92 Å². The lowest BCUT2D eigenvalue weighted by Crippen LogP contribution is -2.31. The van der Waals surface area contributed by atoms with Gasteiger partial charge in [0.2, 0.25) is 5.91 Å². The molecule has 2 aromatic heterocycles. The molecule has 1 N–H and O–H groups in total. The molecule has 0 aromatic carbocycles. The van der Waals surface area contributed by atoms with Gasteiger partial charge in [-0.05, 0) is 19.8 Å². The summed E-state index contributed by atoms with van der Waals surface area (Å²) in [6, 6.07) is -0.0112. The van der Waals surface area contributed by atoms with E-state index in [9.17, 15) is 4.79 Å². The van der Waals surface area contributed by atoms with Gasteiger partial charge in [0.25, 0.3) is 0 Å². The van der Waals surface area contributed by atoms with Gasteiger partial charge < -0.3 is 14.6 Å². The third-order valence-electron chi connectivity index (χ3n) is 4.03. The Labute approximate surface area is 135 Å². The van der Waals surface area contributed by atoms with Crippen molar-refractivity contribution in [2.75, 3.05) is 20.3 Å². The SMILES string of the molecule is COCCC(=O)N1CCC[C@H]1c1cncc(-c2ncc(C)[nH]2)n1. The van der Waals surface area contributed by atoms with Crippen LogP contribution in [0.15, 0.2) is 18.6 Å². The van der Waals surface area contributed by atoms with Crippen LogP contribution in [-0.4, -0.2) is 51.0 Å². The van der Waals surface area contributed by atoms with Crippen molar-refractivity contribution in [3.05, 3.63) is 30.0 Å². The van der Waals surface area contributed by atoms with E-state index in [0.29, 0.717) is 24.5 Å². The van der Waals surface area contributed by atoms with Crippen LogP contribution >= 0.6 is 0 Å². The van der Waals surface area contributed by atoms with Crippen LogP contribution in [0.2, 0.25) is 0 Å². The van der Waals surface area contributed by atoms with Crippen molar-refractivity contribution in [3.63, 3.8) is 0 Å². The summed E-state index contributed by atoms with van der Waals surface area (Å²) in [5.41, 5.74) is 2.50. The lowest BCUT2D eigenvalue weighted by atomic mass is 10.1. The van der Waals surface area contributed by atoms with Gasteiger partial charge in [-0.25, -0.2) is 9.97 Å². The molecule has 0 spiro atoms. The number of methoxy groups -OCH3 is 1. The van der Waals surface area contributed by atoms with Gasteiger partial charge in [0.15, 0.2) is 5.82 Å². The van der Waals surface area contributed by atoms with E-state index in [1.807, 2.05) is 11.8 Å². The fraction of sp³-hybridized carbons (Fsp3) is 0.500. The van der Waals surface area contributed by atoms with Gasteiger partial charge >= 0.3 is 0 Å². The summed E-state index contributed by atoms with van der Waals surface area (Å²) in [6.45, 7) is 3.15. The normalized spacial score (nSPS) is 17.7. The zero-order chi connectivity index (χ0) is 16.2. The quantitative estimate of drug-likeness (QED) is 0.910. The van der Waals surface area contributed by atoms with Crippen molar-refractivity contribution in [2.24, 2.45) is 0 Å². The molecule has 0 aliphatic carbocycles. The maximum Gasteiger partial charge on any atom is 0.225 e. The first kappa shape index (κ1) is 15.6. The van der Waals surface area contributed by atoms with Crippen LogP contribution in [0.3, 0.4) is 0 Å². The van der Waals surface area contributed by atoms with Crippen LogP contribution in [0.1, 0.15) is 36.7 Å². The molecule has 122 valence electrons. The Morgan fingerprint density at radius 1 is 1.43 bits per heavy atom. The second-order valence-electron chi connectivity index (χ2n) is 5.73. The second-order valence-corrected chi connectivity index (χ2v) is 5.73. The van der Waals surface area contributed by atoms with E-state index in [1.165, 1.54) is 0 Å². The smallest absolute Gasteiger partial charge is 0.225 e. The molecule has 1 aliphatic rings. The third-order valence-corrected chi connectivity index (χ3v) is 4.03. The highest BCUT2D eigenvalue weighted by atomic mass is 16.5. The molecule has 0 unspecified atom stereocenters. The lowest BCUT2D eigenvalue weighted by molar-refractivity contribution is -0.133. The Bertz CT molecular complexity index is 685. The summed E-state index contributed by atoms with van der Waals surface area (Å²) in [5, 5.41) is 0. The number of rotatable bonds is 5. The fourth-order valence-corrected chi connectivity index (χ4v) is 2.90. The lowest BCUT2D eigenvalue weighted by Gasteiger charge is -2.24. The minimum atomic E-state index is -0.0112. The molecule has 0 bridgehead atoms. The molecule has 1 amide bonds. The highest BCUT2D eigenvalue weighted by Gasteiger charge is 2.31. The summed E-state index contributed by atoms with van der Waals surface area (Å²) < 4.78 is 5.00. The summed E-state index contributed by atoms with van der Waals surface area (Å²) in [7, 11) is 1.61. The first-order valence-corrected chi connectivity index (χ1v) is 7.81. The maximum atomic E-state index is 12.3. The van der Waals surface area contributed by atoms with Gasteiger partial charge in [-0.2, -0.15) is 0 Å². The standard InChI is InChI=1S/C16H21N5O2/c1-11-8-18-16(19-11)13-10-17-9-12(20-13)14-4-3-6-21(14)15(22)5-7-23-2/h8-10,14H,3-7H2,1-2H3,(H,18,19)/t14-/m0/s1. The Morgan fingerprint density at radius 2 is 2.30 bits per heavy atom. The van der Waals surface area contributed by atoms with E-state index in [-0.39, 0.29) is 11.9 Å². The minimum Gasteiger partial charge on any atom is -0.384 e. The molecule has 23 heavy (non-hydrogen) atoms. The number of likely N-dealkylation sites (tertiary alicyclic amines) is 1. The molecular formula is C16H21N5O2. The molecule has 0 radical (unpaired) electrons. The van der Waals surface area contributed by atoms with Crippen LogP contribution in [0.25, 0.3) is 11.5 Å². The zero-order valence-corrected chi connectivity index (χ0v) is 13.5. The molecule has 2 aromatic rings. The summed E-state index contributed by atoms with van der Waals surface area (Å²) in [5.74, 6) is 0.808. The number of nitrogens with zero attached hydrogens (tertiary/aromatic N) is 4. The number of hydrogen-bond donors (Lipinski definition) is 1. The summed E-state index contributed by atoms with van der Waals surface area (Å²) in [6.07, 6.45) is 7.49. The molecule has 1 saturated heterocycles. The topological polar surface area (TPSA) is 84.0 Å². The van der Waals surface area contributed by atoms with Gasteiger partial charge in [-0.1, -0.05) is 0 Å². The monoisotopic (exact) mass is 315 g/mol. The van der Waals surface area contributed by atoms with E-state index in [0.717, 1.165) is 30.8 Å². The largest absolute Gasteiger partial charge is 0.384 e. The van der Waals surface area contributed by atoms with Crippen molar-refractivity contribution in [1.82, 2.24) is 24.8 Å². The average molecular weight is 315 g/mol. The molecule has 7 heteroatoms. The van der Waals surface area contributed by atoms with Gasteiger partial charge in [0.05, 0.1) is 37.2 Å². The van der Waals surface area contributed by atoms with E-state index in [4.69, 9.17) is 4.74 Å². The number of hydrogen-bond acceptors (Lipinski definition) is 5. The molecule has 1 atom stereocenters. The molecule has 3 rings (SSSR count). The third kappa shape index (κ3) is 3.39. The van der Waals surface area contributed by atoms with Gasteiger partial charge in [-0.15, -0.1) is 0 Å². The number of carbonyl (C=O) groups is 1. The number of amides is 1. The molecule has 3 heterocycles. The van der Waals surface area contributed by atoms with Gasteiger partial charge in [0, 0.05) is 25.5 Å². The molecule has 1 fully saturated rings. The predicted octanol–water partition coefficient (Wildman–Crippen LogP) is 1.88. The Hall–Kier alpha value is -2.28. The number of H-pyrrole nitrogens is 1. The van der Waals surface area contributed by atoms with Crippen LogP contribution in [0.5, 0.6) is 0 Å². The van der Waals surface area contributed by atoms with E-state index < -0.39 is 0 Å². The Kier molecular flexibility index (Phi) is 4.66. The molecule has 7 nitrogen and oxygen atoms in total. The Morgan fingerprint density at radius 3 is 3.04 bits per heavy atom. The number of aromatic amines is 1. The fourth-order valence-electron chi connectivity index (χ4n) is 2.90. The molecular weight excluding hydrogens is 294 g/mol. The number of ether oxygens (including phenoxy) is 1. The molecule has 1 aliphatic heterocycles. The molecule has 0 saturated carbocycles. The minimum absolute atomic E-state index is 0.0112. The van der Waals surface area contributed by atoms with E-state index >= 15 is 0 Å². The number of aryl methyl sites for hydroxylation is 1. The average Bonchev–Trinajstić information content (AvgIpc) is 3.21. The van der Waals surface area contributed by atoms with Crippen molar-refractivity contribution in [2.45, 2.75) is 32.2 Å². The first-order chi connectivity index (χ1) is 11.2.